The number of aromatic nitrogens is 1. The second kappa shape index (κ2) is 4.12. The van der Waals surface area contributed by atoms with Crippen LogP contribution in [-0.4, -0.2) is 4.98 Å². The summed E-state index contributed by atoms with van der Waals surface area (Å²) < 4.78 is 0. The van der Waals surface area contributed by atoms with E-state index in [2.05, 4.69) is 26.0 Å². The molecule has 0 aromatic carbocycles. The van der Waals surface area contributed by atoms with Crippen LogP contribution in [-0.2, 0) is 12.8 Å². The highest BCUT2D eigenvalue weighted by molar-refractivity contribution is 5.25. The van der Waals surface area contributed by atoms with Gasteiger partial charge >= 0.3 is 0 Å². The molecular weight excluding hydrogens is 170 g/mol. The predicted molar refractivity (Wildman–Crippen MR) is 59.6 cm³/mol. The van der Waals surface area contributed by atoms with Gasteiger partial charge in [0.05, 0.1) is 0 Å². The Labute approximate surface area is 86.6 Å². The summed E-state index contributed by atoms with van der Waals surface area (Å²) in [6, 6.07) is 4.50. The monoisotopic (exact) mass is 189 g/mol. The van der Waals surface area contributed by atoms with Crippen LogP contribution in [0.15, 0.2) is 12.1 Å². The van der Waals surface area contributed by atoms with E-state index in [4.69, 9.17) is 4.98 Å². The molecule has 1 aromatic rings. The quantitative estimate of drug-likeness (QED) is 0.616. The highest BCUT2D eigenvalue weighted by Crippen LogP contribution is 2.21. The molecule has 0 spiro atoms. The van der Waals surface area contributed by atoms with E-state index in [9.17, 15) is 0 Å². The molecule has 0 N–H and O–H groups in total. The van der Waals surface area contributed by atoms with Gasteiger partial charge in [0, 0.05) is 11.4 Å². The van der Waals surface area contributed by atoms with Gasteiger partial charge in [-0.15, -0.1) is 0 Å². The third-order valence-corrected chi connectivity index (χ3v) is 3.04. The van der Waals surface area contributed by atoms with Crippen LogP contribution in [0.5, 0.6) is 0 Å². The molecule has 14 heavy (non-hydrogen) atoms. The van der Waals surface area contributed by atoms with Gasteiger partial charge in [-0.25, -0.2) is 0 Å². The van der Waals surface area contributed by atoms with Crippen LogP contribution >= 0.6 is 0 Å². The summed E-state index contributed by atoms with van der Waals surface area (Å²) in [6.45, 7) is 4.43. The maximum absolute atomic E-state index is 4.77. The second-order valence-electron chi connectivity index (χ2n) is 4.56. The van der Waals surface area contributed by atoms with Gasteiger partial charge < -0.3 is 0 Å². The van der Waals surface area contributed by atoms with Gasteiger partial charge in [0.2, 0.25) is 0 Å². The lowest BCUT2D eigenvalue weighted by atomic mass is 10.0. The molecule has 0 saturated heterocycles. The molecule has 0 fully saturated rings. The van der Waals surface area contributed by atoms with Crippen molar-refractivity contribution in [2.45, 2.75) is 51.9 Å². The van der Waals surface area contributed by atoms with Crippen molar-refractivity contribution >= 4 is 0 Å². The summed E-state index contributed by atoms with van der Waals surface area (Å²) in [7, 11) is 0. The minimum Gasteiger partial charge on any atom is -0.257 e. The van der Waals surface area contributed by atoms with E-state index in [-0.39, 0.29) is 0 Å². The third-order valence-electron chi connectivity index (χ3n) is 3.04. The van der Waals surface area contributed by atoms with E-state index >= 15 is 0 Å². The Morgan fingerprint density at radius 3 is 2.64 bits per heavy atom. The number of nitrogens with zero attached hydrogens (tertiary/aromatic N) is 1. The van der Waals surface area contributed by atoms with Crippen molar-refractivity contribution < 1.29 is 0 Å². The molecule has 0 aliphatic heterocycles. The molecule has 1 heterocycles. The first-order chi connectivity index (χ1) is 6.77. The molecule has 1 aliphatic rings. The molecule has 0 saturated carbocycles. The van der Waals surface area contributed by atoms with Gasteiger partial charge in [0.1, 0.15) is 0 Å². The minimum atomic E-state index is 0.559. The number of pyridine rings is 1. The van der Waals surface area contributed by atoms with Crippen LogP contribution in [0.3, 0.4) is 0 Å². The standard InChI is InChI=1S/C13H19N/c1-10(2)12-9-8-11-6-4-3-5-7-13(11)14-12/h8-10H,3-7H2,1-2H3. The smallest absolute Gasteiger partial charge is 0.0438 e. The van der Waals surface area contributed by atoms with Gasteiger partial charge in [-0.2, -0.15) is 0 Å². The molecule has 0 amide bonds. The normalized spacial score (nSPS) is 16.5. The summed E-state index contributed by atoms with van der Waals surface area (Å²) in [6.07, 6.45) is 6.46. The Balaban J connectivity index is 2.32. The summed E-state index contributed by atoms with van der Waals surface area (Å²) >= 11 is 0. The van der Waals surface area contributed by atoms with Crippen molar-refractivity contribution in [3.8, 4) is 0 Å². The van der Waals surface area contributed by atoms with E-state index in [0.717, 1.165) is 0 Å². The lowest BCUT2D eigenvalue weighted by Crippen LogP contribution is -2.00. The highest BCUT2D eigenvalue weighted by atomic mass is 14.7. The molecular formula is C13H19N. The fourth-order valence-electron chi connectivity index (χ4n) is 2.10. The number of aryl methyl sites for hydroxylation is 2. The number of fused-ring (bicyclic) bond motifs is 1. The lowest BCUT2D eigenvalue weighted by molar-refractivity contribution is 0.706. The van der Waals surface area contributed by atoms with E-state index in [1.54, 1.807) is 0 Å². The summed E-state index contributed by atoms with van der Waals surface area (Å²) in [4.78, 5) is 4.77. The van der Waals surface area contributed by atoms with Crippen LogP contribution in [0.1, 0.15) is 56.0 Å². The van der Waals surface area contributed by atoms with Crippen molar-refractivity contribution in [1.29, 1.82) is 0 Å². The lowest BCUT2D eigenvalue weighted by Gasteiger charge is -2.09. The average Bonchev–Trinajstić information content (AvgIpc) is 2.41. The molecule has 0 atom stereocenters. The van der Waals surface area contributed by atoms with Crippen LogP contribution < -0.4 is 0 Å². The fourth-order valence-corrected chi connectivity index (χ4v) is 2.10. The molecule has 1 heteroatoms. The molecule has 0 radical (unpaired) electrons. The molecule has 1 aromatic heterocycles. The zero-order valence-corrected chi connectivity index (χ0v) is 9.21. The molecule has 76 valence electrons. The third kappa shape index (κ3) is 1.97. The summed E-state index contributed by atoms with van der Waals surface area (Å²) in [5.74, 6) is 0.559. The fraction of sp³-hybridized carbons (Fsp3) is 0.615. The van der Waals surface area contributed by atoms with Gasteiger partial charge in [-0.1, -0.05) is 26.3 Å². The molecule has 1 aliphatic carbocycles. The SMILES string of the molecule is CC(C)c1ccc2c(n1)CCCCC2. The van der Waals surface area contributed by atoms with E-state index in [1.165, 1.54) is 49.1 Å². The van der Waals surface area contributed by atoms with Crippen molar-refractivity contribution in [3.05, 3.63) is 29.1 Å². The van der Waals surface area contributed by atoms with Gasteiger partial charge in [-0.3, -0.25) is 4.98 Å². The second-order valence-corrected chi connectivity index (χ2v) is 4.56. The van der Waals surface area contributed by atoms with Crippen molar-refractivity contribution in [1.82, 2.24) is 4.98 Å². The largest absolute Gasteiger partial charge is 0.257 e. The zero-order valence-electron chi connectivity index (χ0n) is 9.21. The Morgan fingerprint density at radius 1 is 1.07 bits per heavy atom. The maximum Gasteiger partial charge on any atom is 0.0438 e. The summed E-state index contributed by atoms with van der Waals surface area (Å²) in [5.41, 5.74) is 4.12. The van der Waals surface area contributed by atoms with Gasteiger partial charge in [0.15, 0.2) is 0 Å². The number of hydrogen-bond donors (Lipinski definition) is 0. The first-order valence-electron chi connectivity index (χ1n) is 5.76. The van der Waals surface area contributed by atoms with E-state index < -0.39 is 0 Å². The van der Waals surface area contributed by atoms with Crippen molar-refractivity contribution in [2.75, 3.05) is 0 Å². The van der Waals surface area contributed by atoms with Crippen LogP contribution in [0.4, 0.5) is 0 Å². The molecule has 1 nitrogen and oxygen atoms in total. The first kappa shape index (κ1) is 9.70. The van der Waals surface area contributed by atoms with E-state index in [0.29, 0.717) is 5.92 Å². The van der Waals surface area contributed by atoms with E-state index in [1.807, 2.05) is 0 Å². The Morgan fingerprint density at radius 2 is 1.86 bits per heavy atom. The first-order valence-corrected chi connectivity index (χ1v) is 5.76. The topological polar surface area (TPSA) is 12.9 Å². The van der Waals surface area contributed by atoms with Gasteiger partial charge in [0.25, 0.3) is 0 Å². The minimum absolute atomic E-state index is 0.559. The van der Waals surface area contributed by atoms with Crippen LogP contribution in [0.25, 0.3) is 0 Å². The van der Waals surface area contributed by atoms with Crippen molar-refractivity contribution in [2.24, 2.45) is 0 Å². The Bertz CT molecular complexity index is 315. The number of hydrogen-bond acceptors (Lipinski definition) is 1. The Hall–Kier alpha value is -0.850. The molecule has 2 rings (SSSR count). The Kier molecular flexibility index (Phi) is 2.85. The van der Waals surface area contributed by atoms with Crippen LogP contribution in [0, 0.1) is 0 Å². The summed E-state index contributed by atoms with van der Waals surface area (Å²) in [5, 5.41) is 0. The predicted octanol–water partition coefficient (Wildman–Crippen LogP) is 3.47. The molecule has 0 unspecified atom stereocenters. The number of rotatable bonds is 1. The average molecular weight is 189 g/mol. The molecule has 0 bridgehead atoms. The zero-order chi connectivity index (χ0) is 9.97. The van der Waals surface area contributed by atoms with Crippen LogP contribution in [0.2, 0.25) is 0 Å². The van der Waals surface area contributed by atoms with Gasteiger partial charge in [-0.05, 0) is 43.2 Å². The maximum atomic E-state index is 4.77. The highest BCUT2D eigenvalue weighted by Gasteiger charge is 2.10. The van der Waals surface area contributed by atoms with Crippen molar-refractivity contribution in [3.63, 3.8) is 0 Å².